The summed E-state index contributed by atoms with van der Waals surface area (Å²) in [7, 11) is 3.09. The van der Waals surface area contributed by atoms with Gasteiger partial charge in [0.05, 0.1) is 6.54 Å². The molecule has 0 amide bonds. The number of aryl methyl sites for hydroxylation is 2. The first-order valence-electron chi connectivity index (χ1n) is 6.38. The average molecular weight is 265 g/mol. The number of nitrogens with zero attached hydrogens (tertiary/aromatic N) is 4. The molecule has 0 spiro atoms. The lowest BCUT2D eigenvalue weighted by atomic mass is 10.3. The van der Waals surface area contributed by atoms with Crippen LogP contribution in [0.15, 0.2) is 9.59 Å². The summed E-state index contributed by atoms with van der Waals surface area (Å²) < 4.78 is 4.33. The summed E-state index contributed by atoms with van der Waals surface area (Å²) in [4.78, 5) is 28.5. The fraction of sp³-hybridized carbons (Fsp3) is 0.583. The second kappa shape index (κ2) is 5.00. The van der Waals surface area contributed by atoms with Crippen molar-refractivity contribution in [3.8, 4) is 0 Å². The predicted octanol–water partition coefficient (Wildman–Crippen LogP) is -0.307. The maximum atomic E-state index is 12.3. The Balaban J connectivity index is 2.87. The van der Waals surface area contributed by atoms with Crippen molar-refractivity contribution >= 4 is 11.2 Å². The summed E-state index contributed by atoms with van der Waals surface area (Å²) in [5, 5.41) is 0. The zero-order chi connectivity index (χ0) is 14.2. The molecule has 0 bridgehead atoms. The van der Waals surface area contributed by atoms with E-state index in [2.05, 4.69) is 11.9 Å². The van der Waals surface area contributed by atoms with Gasteiger partial charge in [0, 0.05) is 20.6 Å². The van der Waals surface area contributed by atoms with Crippen LogP contribution in [0.4, 0.5) is 0 Å². The lowest BCUT2D eigenvalue weighted by Gasteiger charge is -2.07. The zero-order valence-electron chi connectivity index (χ0n) is 11.5. The Morgan fingerprint density at radius 1 is 1.21 bits per heavy atom. The molecule has 19 heavy (non-hydrogen) atoms. The summed E-state index contributed by atoms with van der Waals surface area (Å²) in [5.41, 5.74) is 5.85. The third kappa shape index (κ3) is 1.99. The van der Waals surface area contributed by atoms with Crippen molar-refractivity contribution in [2.45, 2.75) is 32.9 Å². The van der Waals surface area contributed by atoms with Gasteiger partial charge in [-0.25, -0.2) is 9.78 Å². The maximum absolute atomic E-state index is 12.3. The van der Waals surface area contributed by atoms with Crippen LogP contribution in [0.25, 0.3) is 11.2 Å². The van der Waals surface area contributed by atoms with Crippen molar-refractivity contribution in [3.05, 3.63) is 26.7 Å². The van der Waals surface area contributed by atoms with Gasteiger partial charge < -0.3 is 10.3 Å². The van der Waals surface area contributed by atoms with Gasteiger partial charge in [0.15, 0.2) is 11.2 Å². The van der Waals surface area contributed by atoms with Crippen LogP contribution in [-0.4, -0.2) is 18.7 Å². The van der Waals surface area contributed by atoms with Gasteiger partial charge in [-0.1, -0.05) is 13.3 Å². The molecule has 0 fully saturated rings. The highest BCUT2D eigenvalue weighted by Crippen LogP contribution is 2.11. The van der Waals surface area contributed by atoms with E-state index in [9.17, 15) is 9.59 Å². The van der Waals surface area contributed by atoms with Crippen LogP contribution in [0.3, 0.4) is 0 Å². The van der Waals surface area contributed by atoms with E-state index in [1.54, 1.807) is 7.05 Å². The molecular formula is C12H19N5O2. The summed E-state index contributed by atoms with van der Waals surface area (Å²) in [6.07, 6.45) is 1.94. The Bertz CT molecular complexity index is 722. The van der Waals surface area contributed by atoms with E-state index in [0.717, 1.165) is 17.4 Å². The Labute approximate surface area is 110 Å². The highest BCUT2D eigenvalue weighted by atomic mass is 16.2. The van der Waals surface area contributed by atoms with E-state index in [1.807, 2.05) is 4.57 Å². The van der Waals surface area contributed by atoms with Crippen LogP contribution < -0.4 is 17.0 Å². The summed E-state index contributed by atoms with van der Waals surface area (Å²) >= 11 is 0. The lowest BCUT2D eigenvalue weighted by Crippen LogP contribution is -2.37. The molecule has 0 radical (unpaired) electrons. The second-order valence-electron chi connectivity index (χ2n) is 4.62. The highest BCUT2D eigenvalue weighted by molar-refractivity contribution is 5.71. The molecule has 0 aliphatic heterocycles. The van der Waals surface area contributed by atoms with E-state index in [4.69, 9.17) is 5.73 Å². The van der Waals surface area contributed by atoms with Gasteiger partial charge in [-0.2, -0.15) is 0 Å². The van der Waals surface area contributed by atoms with Crippen LogP contribution in [0, 0.1) is 0 Å². The van der Waals surface area contributed by atoms with Crippen molar-refractivity contribution in [1.82, 2.24) is 18.7 Å². The van der Waals surface area contributed by atoms with Gasteiger partial charge in [-0.05, 0) is 6.42 Å². The molecule has 0 atom stereocenters. The van der Waals surface area contributed by atoms with E-state index in [1.165, 1.54) is 11.6 Å². The van der Waals surface area contributed by atoms with E-state index >= 15 is 0 Å². The Morgan fingerprint density at radius 2 is 1.89 bits per heavy atom. The van der Waals surface area contributed by atoms with Crippen molar-refractivity contribution in [2.24, 2.45) is 19.8 Å². The molecule has 0 aliphatic carbocycles. The largest absolute Gasteiger partial charge is 0.332 e. The maximum Gasteiger partial charge on any atom is 0.332 e. The van der Waals surface area contributed by atoms with Gasteiger partial charge >= 0.3 is 5.69 Å². The molecule has 2 rings (SSSR count). The molecule has 7 heteroatoms. The number of rotatable bonds is 4. The molecule has 0 saturated carbocycles. The van der Waals surface area contributed by atoms with Crippen molar-refractivity contribution in [1.29, 1.82) is 0 Å². The molecule has 2 N–H and O–H groups in total. The number of hydrogen-bond acceptors (Lipinski definition) is 4. The first-order valence-corrected chi connectivity index (χ1v) is 6.38. The fourth-order valence-corrected chi connectivity index (χ4v) is 2.20. The zero-order valence-corrected chi connectivity index (χ0v) is 11.5. The van der Waals surface area contributed by atoms with Crippen LogP contribution in [0.1, 0.15) is 25.6 Å². The minimum Gasteiger partial charge on any atom is -0.324 e. The predicted molar refractivity (Wildman–Crippen MR) is 73.0 cm³/mol. The topological polar surface area (TPSA) is 87.8 Å². The smallest absolute Gasteiger partial charge is 0.324 e. The molecule has 7 nitrogen and oxygen atoms in total. The molecule has 2 heterocycles. The first-order chi connectivity index (χ1) is 9.02. The number of nitrogens with two attached hydrogens (primary N) is 1. The van der Waals surface area contributed by atoms with Gasteiger partial charge in [0.1, 0.15) is 5.82 Å². The van der Waals surface area contributed by atoms with E-state index in [-0.39, 0.29) is 17.8 Å². The molecule has 0 aromatic carbocycles. The van der Waals surface area contributed by atoms with Crippen LogP contribution in [0.2, 0.25) is 0 Å². The van der Waals surface area contributed by atoms with E-state index < -0.39 is 0 Å². The molecule has 0 unspecified atom stereocenters. The standard InChI is InChI=1S/C12H19N5O2/c1-4-5-6-17-8(7-13)14-10-9(17)11(18)16(3)12(19)15(10)2/h4-7,13H2,1-3H3. The first kappa shape index (κ1) is 13.5. The number of fused-ring (bicyclic) bond motifs is 1. The summed E-state index contributed by atoms with van der Waals surface area (Å²) in [6, 6.07) is 0. The highest BCUT2D eigenvalue weighted by Gasteiger charge is 2.17. The Hall–Kier alpha value is -1.89. The SMILES string of the molecule is CCCCn1c(CN)nc2c1c(=O)n(C)c(=O)n2C. The lowest BCUT2D eigenvalue weighted by molar-refractivity contribution is 0.612. The van der Waals surface area contributed by atoms with Gasteiger partial charge in [-0.3, -0.25) is 13.9 Å². The minimum atomic E-state index is -0.374. The monoisotopic (exact) mass is 265 g/mol. The van der Waals surface area contributed by atoms with Crippen LogP contribution >= 0.6 is 0 Å². The Morgan fingerprint density at radius 3 is 2.47 bits per heavy atom. The molecule has 2 aromatic rings. The number of unbranched alkanes of at least 4 members (excludes halogenated alkanes) is 1. The van der Waals surface area contributed by atoms with Gasteiger partial charge in [0.25, 0.3) is 5.56 Å². The number of imidazole rings is 1. The minimum absolute atomic E-state index is 0.246. The summed E-state index contributed by atoms with van der Waals surface area (Å²) in [6.45, 7) is 3.01. The molecule has 104 valence electrons. The molecular weight excluding hydrogens is 246 g/mol. The van der Waals surface area contributed by atoms with Crippen LogP contribution in [-0.2, 0) is 27.2 Å². The molecule has 0 aliphatic rings. The van der Waals surface area contributed by atoms with Gasteiger partial charge in [0.2, 0.25) is 0 Å². The molecule has 0 saturated heterocycles. The third-order valence-electron chi connectivity index (χ3n) is 3.34. The summed E-state index contributed by atoms with van der Waals surface area (Å²) in [5.74, 6) is 0.641. The van der Waals surface area contributed by atoms with Gasteiger partial charge in [-0.15, -0.1) is 0 Å². The second-order valence-corrected chi connectivity index (χ2v) is 4.62. The van der Waals surface area contributed by atoms with Crippen molar-refractivity contribution in [3.63, 3.8) is 0 Å². The number of hydrogen-bond donors (Lipinski definition) is 1. The Kier molecular flexibility index (Phi) is 3.57. The van der Waals surface area contributed by atoms with E-state index in [0.29, 0.717) is 23.5 Å². The fourth-order valence-electron chi connectivity index (χ4n) is 2.20. The molecule has 2 aromatic heterocycles. The quantitative estimate of drug-likeness (QED) is 0.821. The van der Waals surface area contributed by atoms with Crippen molar-refractivity contribution in [2.75, 3.05) is 0 Å². The van der Waals surface area contributed by atoms with Crippen LogP contribution in [0.5, 0.6) is 0 Å². The normalized spacial score (nSPS) is 11.4. The van der Waals surface area contributed by atoms with Crippen molar-refractivity contribution < 1.29 is 0 Å². The number of aromatic nitrogens is 4. The third-order valence-corrected chi connectivity index (χ3v) is 3.34. The average Bonchev–Trinajstić information content (AvgIpc) is 2.79.